The Labute approximate surface area is 107 Å². The normalized spacial score (nSPS) is 20.5. The molecule has 0 fully saturated rings. The average Bonchev–Trinajstić information content (AvgIpc) is 2.29. The molecule has 2 atom stereocenters. The van der Waals surface area contributed by atoms with Gasteiger partial charge in [-0.25, -0.2) is 4.39 Å². The van der Waals surface area contributed by atoms with E-state index in [1.165, 1.54) is 12.1 Å². The van der Waals surface area contributed by atoms with Crippen molar-refractivity contribution in [2.24, 2.45) is 11.8 Å². The first-order valence-corrected chi connectivity index (χ1v) is 6.46. The highest BCUT2D eigenvalue weighted by Crippen LogP contribution is 2.32. The summed E-state index contributed by atoms with van der Waals surface area (Å²) in [6.45, 7) is 6.42. The van der Waals surface area contributed by atoms with Gasteiger partial charge in [0.15, 0.2) is 5.78 Å². The second-order valence-corrected chi connectivity index (χ2v) is 5.53. The van der Waals surface area contributed by atoms with Gasteiger partial charge in [-0.15, -0.1) is 0 Å². The molecule has 18 heavy (non-hydrogen) atoms. The molecule has 1 aromatic carbocycles. The fourth-order valence-corrected chi connectivity index (χ4v) is 2.53. The third-order valence-electron chi connectivity index (χ3n) is 3.38. The topological polar surface area (TPSA) is 26.3 Å². The second kappa shape index (κ2) is 5.09. The van der Waals surface area contributed by atoms with E-state index in [1.807, 2.05) is 0 Å². The van der Waals surface area contributed by atoms with Gasteiger partial charge in [0.1, 0.15) is 17.7 Å². The molecule has 1 heterocycles. The molecule has 0 radical (unpaired) electrons. The van der Waals surface area contributed by atoms with E-state index in [-0.39, 0.29) is 17.7 Å². The van der Waals surface area contributed by atoms with E-state index in [4.69, 9.17) is 4.74 Å². The van der Waals surface area contributed by atoms with E-state index < -0.39 is 0 Å². The minimum atomic E-state index is -0.389. The lowest BCUT2D eigenvalue weighted by atomic mass is 9.88. The van der Waals surface area contributed by atoms with Crippen LogP contribution in [-0.4, -0.2) is 11.9 Å². The van der Waals surface area contributed by atoms with Crippen LogP contribution in [0, 0.1) is 17.7 Å². The molecule has 98 valence electrons. The van der Waals surface area contributed by atoms with Crippen molar-refractivity contribution in [3.63, 3.8) is 0 Å². The summed E-state index contributed by atoms with van der Waals surface area (Å²) in [4.78, 5) is 12.0. The first-order valence-electron chi connectivity index (χ1n) is 6.46. The van der Waals surface area contributed by atoms with Crippen molar-refractivity contribution in [2.45, 2.75) is 39.7 Å². The lowest BCUT2D eigenvalue weighted by molar-refractivity contribution is 0.0721. The SMILES string of the molecule is CC(C)CC(C)C1CC(=O)c2cc(F)ccc2O1. The molecule has 0 amide bonds. The zero-order valence-corrected chi connectivity index (χ0v) is 11.1. The minimum Gasteiger partial charge on any atom is -0.489 e. The van der Waals surface area contributed by atoms with Gasteiger partial charge >= 0.3 is 0 Å². The molecule has 0 aliphatic carbocycles. The quantitative estimate of drug-likeness (QED) is 0.814. The molecule has 0 N–H and O–H groups in total. The number of hydrogen-bond acceptors (Lipinski definition) is 2. The zero-order valence-electron chi connectivity index (χ0n) is 11.1. The lowest BCUT2D eigenvalue weighted by Gasteiger charge is -2.30. The van der Waals surface area contributed by atoms with Crippen LogP contribution in [0.15, 0.2) is 18.2 Å². The van der Waals surface area contributed by atoms with E-state index >= 15 is 0 Å². The van der Waals surface area contributed by atoms with Gasteiger partial charge in [0.25, 0.3) is 0 Å². The number of ether oxygens (including phenoxy) is 1. The van der Waals surface area contributed by atoms with E-state index in [0.717, 1.165) is 6.42 Å². The number of hydrogen-bond donors (Lipinski definition) is 0. The maximum atomic E-state index is 13.1. The molecule has 1 aliphatic rings. The van der Waals surface area contributed by atoms with Crippen molar-refractivity contribution in [1.29, 1.82) is 0 Å². The Morgan fingerprint density at radius 3 is 2.78 bits per heavy atom. The first-order chi connectivity index (χ1) is 8.47. The van der Waals surface area contributed by atoms with E-state index in [0.29, 0.717) is 29.6 Å². The molecule has 2 nitrogen and oxygen atoms in total. The van der Waals surface area contributed by atoms with Crippen LogP contribution >= 0.6 is 0 Å². The van der Waals surface area contributed by atoms with Gasteiger partial charge in [-0.3, -0.25) is 4.79 Å². The number of carbonyl (C=O) groups excluding carboxylic acids is 1. The summed E-state index contributed by atoms with van der Waals surface area (Å²) in [7, 11) is 0. The van der Waals surface area contributed by atoms with Crippen molar-refractivity contribution in [2.75, 3.05) is 0 Å². The van der Waals surface area contributed by atoms with Gasteiger partial charge in [0.2, 0.25) is 0 Å². The van der Waals surface area contributed by atoms with E-state index in [9.17, 15) is 9.18 Å². The Morgan fingerprint density at radius 1 is 1.39 bits per heavy atom. The number of rotatable bonds is 3. The molecule has 0 spiro atoms. The molecule has 0 saturated carbocycles. The standard InChI is InChI=1S/C15H19FO2/c1-9(2)6-10(3)15-8-13(17)12-7-11(16)4-5-14(12)18-15/h4-5,7,9-10,15H,6,8H2,1-3H3. The molecular formula is C15H19FO2. The predicted molar refractivity (Wildman–Crippen MR) is 68.4 cm³/mol. The molecule has 0 bridgehead atoms. The Balaban J connectivity index is 2.18. The first kappa shape index (κ1) is 13.1. The van der Waals surface area contributed by atoms with Gasteiger partial charge in [-0.05, 0) is 36.5 Å². The highest BCUT2D eigenvalue weighted by molar-refractivity contribution is 5.99. The Kier molecular flexibility index (Phi) is 3.69. The Hall–Kier alpha value is -1.38. The monoisotopic (exact) mass is 250 g/mol. The van der Waals surface area contributed by atoms with E-state index in [2.05, 4.69) is 20.8 Å². The molecular weight excluding hydrogens is 231 g/mol. The van der Waals surface area contributed by atoms with Crippen molar-refractivity contribution in [3.8, 4) is 5.75 Å². The highest BCUT2D eigenvalue weighted by Gasteiger charge is 2.30. The third-order valence-corrected chi connectivity index (χ3v) is 3.38. The number of carbonyl (C=O) groups is 1. The largest absolute Gasteiger partial charge is 0.489 e. The van der Waals surface area contributed by atoms with Gasteiger partial charge in [-0.2, -0.15) is 0 Å². The molecule has 0 aromatic heterocycles. The average molecular weight is 250 g/mol. The van der Waals surface area contributed by atoms with Crippen LogP contribution in [0.25, 0.3) is 0 Å². The zero-order chi connectivity index (χ0) is 13.3. The fourth-order valence-electron chi connectivity index (χ4n) is 2.53. The van der Waals surface area contributed by atoms with Gasteiger partial charge in [0, 0.05) is 6.42 Å². The second-order valence-electron chi connectivity index (χ2n) is 5.53. The summed E-state index contributed by atoms with van der Waals surface area (Å²) in [5.41, 5.74) is 0.378. The van der Waals surface area contributed by atoms with E-state index in [1.54, 1.807) is 6.07 Å². The summed E-state index contributed by atoms with van der Waals surface area (Å²) in [6, 6.07) is 4.15. The molecule has 3 heteroatoms. The van der Waals surface area contributed by atoms with Crippen molar-refractivity contribution in [1.82, 2.24) is 0 Å². The maximum Gasteiger partial charge on any atom is 0.170 e. The van der Waals surface area contributed by atoms with Crippen molar-refractivity contribution < 1.29 is 13.9 Å². The van der Waals surface area contributed by atoms with Crippen LogP contribution < -0.4 is 4.74 Å². The van der Waals surface area contributed by atoms with Gasteiger partial charge < -0.3 is 4.74 Å². The number of ketones is 1. The fraction of sp³-hybridized carbons (Fsp3) is 0.533. The number of Topliss-reactive ketones (excluding diaryl/α,β-unsaturated/α-hetero) is 1. The van der Waals surface area contributed by atoms with Crippen molar-refractivity contribution in [3.05, 3.63) is 29.6 Å². The molecule has 1 aromatic rings. The number of benzene rings is 1. The van der Waals surface area contributed by atoms with Gasteiger partial charge in [0.05, 0.1) is 5.56 Å². The van der Waals surface area contributed by atoms with Crippen LogP contribution in [0.2, 0.25) is 0 Å². The summed E-state index contributed by atoms with van der Waals surface area (Å²) in [5.74, 6) is 1.02. The summed E-state index contributed by atoms with van der Waals surface area (Å²) in [6.07, 6.45) is 1.29. The smallest absolute Gasteiger partial charge is 0.170 e. The molecule has 0 saturated heterocycles. The van der Waals surface area contributed by atoms with Crippen LogP contribution in [0.4, 0.5) is 4.39 Å². The van der Waals surface area contributed by atoms with Gasteiger partial charge in [-0.1, -0.05) is 20.8 Å². The minimum absolute atomic E-state index is 0.0173. The molecule has 1 aliphatic heterocycles. The lowest BCUT2D eigenvalue weighted by Crippen LogP contribution is -2.33. The van der Waals surface area contributed by atoms with Crippen LogP contribution in [0.3, 0.4) is 0 Å². The van der Waals surface area contributed by atoms with Crippen LogP contribution in [0.5, 0.6) is 5.75 Å². The Bertz CT molecular complexity index is 454. The molecule has 2 unspecified atom stereocenters. The summed E-state index contributed by atoms with van der Waals surface area (Å²) >= 11 is 0. The number of fused-ring (bicyclic) bond motifs is 1. The summed E-state index contributed by atoms with van der Waals surface area (Å²) in [5, 5.41) is 0. The van der Waals surface area contributed by atoms with Crippen LogP contribution in [0.1, 0.15) is 44.0 Å². The van der Waals surface area contributed by atoms with Crippen LogP contribution in [-0.2, 0) is 0 Å². The summed E-state index contributed by atoms with van der Waals surface area (Å²) < 4.78 is 18.9. The van der Waals surface area contributed by atoms with Crippen molar-refractivity contribution >= 4 is 5.78 Å². The predicted octanol–water partition coefficient (Wildman–Crippen LogP) is 3.84. The molecule has 2 rings (SSSR count). The Morgan fingerprint density at radius 2 is 2.11 bits per heavy atom. The maximum absolute atomic E-state index is 13.1. The number of halogens is 1. The highest BCUT2D eigenvalue weighted by atomic mass is 19.1. The third kappa shape index (κ3) is 2.71.